The van der Waals surface area contributed by atoms with Gasteiger partial charge in [-0.2, -0.15) is 0 Å². The summed E-state index contributed by atoms with van der Waals surface area (Å²) >= 11 is -1.88. The van der Waals surface area contributed by atoms with Crippen LogP contribution in [0.4, 0.5) is 0 Å². The Kier molecular flexibility index (Phi) is 6.36. The summed E-state index contributed by atoms with van der Waals surface area (Å²) in [6.07, 6.45) is 2.72. The molecule has 160 valence electrons. The molecule has 0 nitrogen and oxygen atoms in total. The fraction of sp³-hybridized carbons (Fsp3) is 0.379. The van der Waals surface area contributed by atoms with Crippen LogP contribution in [-0.2, 0) is 20.4 Å². The van der Waals surface area contributed by atoms with Gasteiger partial charge in [0.15, 0.2) is 0 Å². The number of rotatable bonds is 3. The van der Waals surface area contributed by atoms with Crippen molar-refractivity contribution in [2.75, 3.05) is 0 Å². The Morgan fingerprint density at radius 1 is 0.710 bits per heavy atom. The van der Waals surface area contributed by atoms with E-state index in [1.165, 1.54) is 33.4 Å². The summed E-state index contributed by atoms with van der Waals surface area (Å²) in [4.78, 5) is 0. The maximum atomic E-state index is 2.72. The van der Waals surface area contributed by atoms with Gasteiger partial charge < -0.3 is 0 Å². The number of aryl methyl sites for hydroxylation is 3. The molecule has 0 fully saturated rings. The van der Waals surface area contributed by atoms with E-state index in [0.717, 1.165) is 3.63 Å². The van der Waals surface area contributed by atoms with E-state index in [1.807, 2.05) is 0 Å². The molecule has 4 rings (SSSR count). The van der Waals surface area contributed by atoms with E-state index in [1.54, 1.807) is 27.9 Å². The molecule has 0 N–H and O–H groups in total. The van der Waals surface area contributed by atoms with Crippen LogP contribution in [0.1, 0.15) is 64.7 Å². The van der Waals surface area contributed by atoms with Gasteiger partial charge in [0.1, 0.15) is 0 Å². The summed E-state index contributed by atoms with van der Waals surface area (Å²) < 4.78 is 1.47. The number of benzene rings is 2. The van der Waals surface area contributed by atoms with Gasteiger partial charge in [-0.1, -0.05) is 0 Å². The van der Waals surface area contributed by atoms with Crippen LogP contribution in [0.25, 0.3) is 5.57 Å². The molecule has 2 aliphatic carbocycles. The minimum absolute atomic E-state index is 0.337. The number of hydrogen-bond donors (Lipinski definition) is 0. The van der Waals surface area contributed by atoms with Crippen LogP contribution in [0.15, 0.2) is 64.8 Å². The molecule has 2 aromatic rings. The fourth-order valence-electron chi connectivity index (χ4n) is 5.70. The summed E-state index contributed by atoms with van der Waals surface area (Å²) in [5.41, 5.74) is 16.5. The zero-order chi connectivity index (χ0) is 22.6. The third-order valence-electron chi connectivity index (χ3n) is 7.89. The van der Waals surface area contributed by atoms with E-state index in [-0.39, 0.29) is 5.43 Å². The molecule has 1 atom stereocenters. The fourth-order valence-corrected chi connectivity index (χ4v) is 26.2. The van der Waals surface area contributed by atoms with Gasteiger partial charge in [-0.05, 0) is 0 Å². The molecule has 0 heterocycles. The van der Waals surface area contributed by atoms with E-state index in [0.29, 0.717) is 3.63 Å². The van der Waals surface area contributed by atoms with Crippen molar-refractivity contribution in [2.45, 2.75) is 68.8 Å². The van der Waals surface area contributed by atoms with E-state index < -0.39 is 20.4 Å². The quantitative estimate of drug-likeness (QED) is 0.369. The zero-order valence-corrected chi connectivity index (χ0v) is 24.2. The first-order chi connectivity index (χ1) is 14.6. The monoisotopic (exact) mass is 502 g/mol. The van der Waals surface area contributed by atoms with Crippen molar-refractivity contribution in [3.8, 4) is 0 Å². The average molecular weight is 504 g/mol. The van der Waals surface area contributed by atoms with Crippen LogP contribution < -0.4 is 0 Å². The Balaban J connectivity index is 1.93. The third kappa shape index (κ3) is 3.79. The Labute approximate surface area is 197 Å². The van der Waals surface area contributed by atoms with Crippen LogP contribution in [0.2, 0.25) is 16.7 Å². The second kappa shape index (κ2) is 8.60. The van der Waals surface area contributed by atoms with Crippen LogP contribution in [0.5, 0.6) is 0 Å². The Hall–Kier alpha value is -1.24. The summed E-state index contributed by atoms with van der Waals surface area (Å²) in [6, 6.07) is 14.1. The first kappa shape index (κ1) is 22.9. The van der Waals surface area contributed by atoms with Crippen molar-refractivity contribution >= 4 is 11.0 Å². The number of fused-ring (bicyclic) bond motifs is 1. The van der Waals surface area contributed by atoms with Gasteiger partial charge in [-0.3, -0.25) is 0 Å². The molecule has 0 bridgehead atoms. The SMILES string of the molecule is CC1=C(C)[CH]([Zr]([CH]2C=C(c3cc(C)c(C)cc3C)c3ccccc32)=[Si](C)C)C(C)=C1C. The molecule has 0 radical (unpaired) electrons. The van der Waals surface area contributed by atoms with Crippen LogP contribution in [0, 0.1) is 20.8 Å². The third-order valence-corrected chi connectivity index (χ3v) is 27.6. The summed E-state index contributed by atoms with van der Waals surface area (Å²) in [7, 11) is 0. The Bertz CT molecular complexity index is 1190. The molecule has 0 spiro atoms. The molecule has 1 unspecified atom stereocenters. The van der Waals surface area contributed by atoms with E-state index >= 15 is 0 Å². The number of allylic oxidation sites excluding steroid dienone is 5. The molecule has 31 heavy (non-hydrogen) atoms. The van der Waals surface area contributed by atoms with Crippen molar-refractivity contribution in [3.63, 3.8) is 0 Å². The normalized spacial score (nSPS) is 18.6. The molecule has 0 aromatic heterocycles. The van der Waals surface area contributed by atoms with E-state index in [4.69, 9.17) is 0 Å². The molecule has 0 amide bonds. The summed E-state index contributed by atoms with van der Waals surface area (Å²) in [6.45, 7) is 21.6. The molecule has 2 aromatic carbocycles. The molecule has 0 aliphatic heterocycles. The predicted octanol–water partition coefficient (Wildman–Crippen LogP) is 8.44. The van der Waals surface area contributed by atoms with Gasteiger partial charge in [0.2, 0.25) is 0 Å². The molecular formula is C29H36SiZr. The van der Waals surface area contributed by atoms with Gasteiger partial charge in [-0.15, -0.1) is 0 Å². The van der Waals surface area contributed by atoms with Crippen molar-refractivity contribution < 1.29 is 20.4 Å². The first-order valence-electron chi connectivity index (χ1n) is 11.5. The van der Waals surface area contributed by atoms with Crippen molar-refractivity contribution in [1.82, 2.24) is 0 Å². The van der Waals surface area contributed by atoms with Gasteiger partial charge in [0, 0.05) is 0 Å². The molecule has 0 saturated heterocycles. The Morgan fingerprint density at radius 2 is 1.29 bits per heavy atom. The van der Waals surface area contributed by atoms with E-state index in [2.05, 4.69) is 104 Å². The minimum atomic E-state index is -1.88. The zero-order valence-electron chi connectivity index (χ0n) is 20.7. The predicted molar refractivity (Wildman–Crippen MR) is 135 cm³/mol. The molecular weight excluding hydrogens is 468 g/mol. The first-order valence-corrected chi connectivity index (χ1v) is 20.6. The van der Waals surface area contributed by atoms with Crippen molar-refractivity contribution in [2.24, 2.45) is 0 Å². The van der Waals surface area contributed by atoms with Crippen LogP contribution in [0.3, 0.4) is 0 Å². The second-order valence-corrected chi connectivity index (χ2v) is 27.9. The molecule has 2 aliphatic rings. The molecule has 2 heteroatoms. The summed E-state index contributed by atoms with van der Waals surface area (Å²) in [5, 5.41) is 0. The second-order valence-electron chi connectivity index (χ2n) is 9.90. The summed E-state index contributed by atoms with van der Waals surface area (Å²) in [5.74, 6) is 0. The van der Waals surface area contributed by atoms with Crippen molar-refractivity contribution in [3.05, 3.63) is 98.1 Å². The number of hydrogen-bond acceptors (Lipinski definition) is 0. The average Bonchev–Trinajstić information content (AvgIpc) is 3.18. The molecule has 0 saturated carbocycles. The topological polar surface area (TPSA) is 0 Å². The van der Waals surface area contributed by atoms with Gasteiger partial charge >= 0.3 is 198 Å². The van der Waals surface area contributed by atoms with Gasteiger partial charge in [0.25, 0.3) is 0 Å². The standard InChI is InChI=1S/C18H17.C9H13.C2H6Si.Zr/c1-12-10-14(3)18(11-13(12)2)17-9-8-15-6-4-5-7-16(15)17;1-6-5-7(2)9(4)8(6)3;1-3-2;/h4-11H,1-3H3;5H,1-4H3;1-2H3;. The maximum absolute atomic E-state index is 2.72. The van der Waals surface area contributed by atoms with Crippen LogP contribution >= 0.6 is 0 Å². The van der Waals surface area contributed by atoms with Gasteiger partial charge in [0.05, 0.1) is 0 Å². The van der Waals surface area contributed by atoms with Gasteiger partial charge in [-0.25, -0.2) is 0 Å². The van der Waals surface area contributed by atoms with E-state index in [9.17, 15) is 0 Å². The Morgan fingerprint density at radius 3 is 1.90 bits per heavy atom. The van der Waals surface area contributed by atoms with Crippen molar-refractivity contribution in [1.29, 1.82) is 0 Å². The van der Waals surface area contributed by atoms with Crippen LogP contribution in [-0.4, -0.2) is 5.43 Å².